The van der Waals surface area contributed by atoms with E-state index in [0.717, 1.165) is 4.90 Å². The zero-order valence-corrected chi connectivity index (χ0v) is 14.7. The van der Waals surface area contributed by atoms with E-state index < -0.39 is 18.0 Å². The van der Waals surface area contributed by atoms with Gasteiger partial charge in [-0.25, -0.2) is 4.79 Å². The number of halogens is 1. The second kappa shape index (κ2) is 7.98. The van der Waals surface area contributed by atoms with Gasteiger partial charge in [-0.15, -0.1) is 0 Å². The summed E-state index contributed by atoms with van der Waals surface area (Å²) in [6, 6.07) is 5.42. The molecule has 1 saturated heterocycles. The van der Waals surface area contributed by atoms with E-state index in [4.69, 9.17) is 11.6 Å². The molecule has 1 fully saturated rings. The lowest BCUT2D eigenvalue weighted by atomic mass is 10.2. The van der Waals surface area contributed by atoms with Crippen LogP contribution in [0.4, 0.5) is 4.79 Å². The summed E-state index contributed by atoms with van der Waals surface area (Å²) in [4.78, 5) is 49.6. The van der Waals surface area contributed by atoms with Crippen molar-refractivity contribution in [1.29, 1.82) is 0 Å². The van der Waals surface area contributed by atoms with Crippen molar-refractivity contribution in [1.82, 2.24) is 20.4 Å². The third-order valence-electron chi connectivity index (χ3n) is 3.90. The Labute approximate surface area is 150 Å². The number of nitrogens with zero attached hydrogens (tertiary/aromatic N) is 2. The summed E-state index contributed by atoms with van der Waals surface area (Å²) in [5.41, 5.74) is 0.357. The van der Waals surface area contributed by atoms with Crippen LogP contribution in [0, 0.1) is 0 Å². The molecule has 134 valence electrons. The Morgan fingerprint density at radius 1 is 1.12 bits per heavy atom. The van der Waals surface area contributed by atoms with E-state index in [1.165, 1.54) is 19.0 Å². The molecule has 1 aliphatic heterocycles. The minimum Gasteiger partial charge on any atom is -0.354 e. The molecule has 2 rings (SSSR count). The smallest absolute Gasteiger partial charge is 0.326 e. The van der Waals surface area contributed by atoms with Crippen LogP contribution in [-0.2, 0) is 9.59 Å². The van der Waals surface area contributed by atoms with Crippen molar-refractivity contribution in [2.75, 3.05) is 27.2 Å². The molecule has 0 radical (unpaired) electrons. The summed E-state index contributed by atoms with van der Waals surface area (Å²) >= 11 is 5.93. The Balaban J connectivity index is 1.74. The predicted molar refractivity (Wildman–Crippen MR) is 91.1 cm³/mol. The highest BCUT2D eigenvalue weighted by Gasteiger charge is 2.41. The van der Waals surface area contributed by atoms with Gasteiger partial charge >= 0.3 is 6.03 Å². The number of likely N-dealkylation sites (N-methyl/N-ethyl adjacent to an activating group) is 2. The van der Waals surface area contributed by atoms with Gasteiger partial charge in [0.05, 0.1) is 17.0 Å². The number of hydrogen-bond donors (Lipinski definition) is 2. The Morgan fingerprint density at radius 3 is 2.36 bits per heavy atom. The monoisotopic (exact) mass is 366 g/mol. The van der Waals surface area contributed by atoms with E-state index in [2.05, 4.69) is 10.6 Å². The summed E-state index contributed by atoms with van der Waals surface area (Å²) in [5.74, 6) is -1.12. The molecule has 0 aromatic heterocycles. The Hall–Kier alpha value is -2.61. The van der Waals surface area contributed by atoms with Crippen LogP contribution in [0.2, 0.25) is 5.02 Å². The molecule has 8 nitrogen and oxygen atoms in total. The van der Waals surface area contributed by atoms with Crippen molar-refractivity contribution in [3.63, 3.8) is 0 Å². The molecule has 0 spiro atoms. The van der Waals surface area contributed by atoms with E-state index in [1.807, 2.05) is 0 Å². The van der Waals surface area contributed by atoms with Crippen molar-refractivity contribution in [2.24, 2.45) is 0 Å². The van der Waals surface area contributed by atoms with Gasteiger partial charge in [-0.3, -0.25) is 19.3 Å². The average molecular weight is 367 g/mol. The maximum Gasteiger partial charge on any atom is 0.326 e. The molecular weight excluding hydrogens is 348 g/mol. The van der Waals surface area contributed by atoms with Crippen LogP contribution < -0.4 is 10.6 Å². The lowest BCUT2D eigenvalue weighted by Crippen LogP contribution is -2.40. The third-order valence-corrected chi connectivity index (χ3v) is 4.23. The zero-order valence-electron chi connectivity index (χ0n) is 13.9. The van der Waals surface area contributed by atoms with Gasteiger partial charge in [-0.1, -0.05) is 23.7 Å². The SMILES string of the molecule is CN1C(=O)C(CC(=O)NCCNC(=O)c2ccccc2Cl)N(C)C1=O. The molecule has 1 aliphatic rings. The second-order valence-electron chi connectivity index (χ2n) is 5.60. The fourth-order valence-electron chi connectivity index (χ4n) is 2.44. The van der Waals surface area contributed by atoms with Gasteiger partial charge in [0.1, 0.15) is 6.04 Å². The maximum absolute atomic E-state index is 11.9. The number of imide groups is 1. The van der Waals surface area contributed by atoms with Crippen molar-refractivity contribution in [3.8, 4) is 0 Å². The molecule has 1 unspecified atom stereocenters. The van der Waals surface area contributed by atoms with Crippen molar-refractivity contribution in [2.45, 2.75) is 12.5 Å². The predicted octanol–water partition coefficient (Wildman–Crippen LogP) is 0.469. The van der Waals surface area contributed by atoms with Crippen molar-refractivity contribution >= 4 is 35.4 Å². The lowest BCUT2D eigenvalue weighted by Gasteiger charge is -2.15. The molecule has 9 heteroatoms. The molecule has 1 atom stereocenters. The van der Waals surface area contributed by atoms with E-state index >= 15 is 0 Å². The largest absolute Gasteiger partial charge is 0.354 e. The number of amides is 5. The first-order chi connectivity index (χ1) is 11.8. The van der Waals surface area contributed by atoms with Gasteiger partial charge in [0.15, 0.2) is 0 Å². The number of nitrogens with one attached hydrogen (secondary N) is 2. The van der Waals surface area contributed by atoms with E-state index in [0.29, 0.717) is 10.6 Å². The fourth-order valence-corrected chi connectivity index (χ4v) is 2.67. The Bertz CT molecular complexity index is 709. The molecule has 2 N–H and O–H groups in total. The Morgan fingerprint density at radius 2 is 1.76 bits per heavy atom. The van der Waals surface area contributed by atoms with E-state index in [-0.39, 0.29) is 31.3 Å². The molecule has 1 heterocycles. The van der Waals surface area contributed by atoms with E-state index in [9.17, 15) is 19.2 Å². The number of rotatable bonds is 6. The first kappa shape index (κ1) is 18.7. The molecule has 1 aromatic carbocycles. The van der Waals surface area contributed by atoms with Gasteiger partial charge in [-0.05, 0) is 12.1 Å². The summed E-state index contributed by atoms with van der Waals surface area (Å²) < 4.78 is 0. The van der Waals surface area contributed by atoms with Crippen LogP contribution >= 0.6 is 11.6 Å². The standard InChI is InChI=1S/C16H19ClN4O4/c1-20-12(15(24)21(2)16(20)25)9-13(22)18-7-8-19-14(23)10-5-3-4-6-11(10)17/h3-6,12H,7-9H2,1-2H3,(H,18,22)(H,19,23). The number of benzene rings is 1. The third kappa shape index (κ3) is 4.27. The highest BCUT2D eigenvalue weighted by molar-refractivity contribution is 6.33. The minimum absolute atomic E-state index is 0.121. The highest BCUT2D eigenvalue weighted by atomic mass is 35.5. The molecule has 0 saturated carbocycles. The number of hydrogen-bond acceptors (Lipinski definition) is 4. The summed E-state index contributed by atoms with van der Waals surface area (Å²) in [5, 5.41) is 5.60. The van der Waals surface area contributed by atoms with Crippen LogP contribution in [0.15, 0.2) is 24.3 Å². The lowest BCUT2D eigenvalue weighted by molar-refractivity contribution is -0.131. The molecule has 25 heavy (non-hydrogen) atoms. The first-order valence-corrected chi connectivity index (χ1v) is 8.04. The molecular formula is C16H19ClN4O4. The highest BCUT2D eigenvalue weighted by Crippen LogP contribution is 2.16. The number of carbonyl (C=O) groups excluding carboxylic acids is 4. The molecule has 0 aliphatic carbocycles. The fraction of sp³-hybridized carbons (Fsp3) is 0.375. The summed E-state index contributed by atoms with van der Waals surface area (Å²) in [7, 11) is 2.86. The van der Waals surface area contributed by atoms with Crippen LogP contribution in [0.3, 0.4) is 0 Å². The van der Waals surface area contributed by atoms with Gasteiger partial charge in [0.25, 0.3) is 11.8 Å². The van der Waals surface area contributed by atoms with Crippen LogP contribution in [0.1, 0.15) is 16.8 Å². The van der Waals surface area contributed by atoms with Crippen LogP contribution in [-0.4, -0.2) is 66.8 Å². The molecule has 1 aromatic rings. The maximum atomic E-state index is 11.9. The topological polar surface area (TPSA) is 98.8 Å². The van der Waals surface area contributed by atoms with Gasteiger partial charge in [0, 0.05) is 27.2 Å². The molecule has 0 bridgehead atoms. The van der Waals surface area contributed by atoms with Gasteiger partial charge in [-0.2, -0.15) is 0 Å². The number of carbonyl (C=O) groups is 4. The van der Waals surface area contributed by atoms with Crippen molar-refractivity contribution in [3.05, 3.63) is 34.9 Å². The summed E-state index contributed by atoms with van der Waals surface area (Å²) in [6.45, 7) is 0.409. The number of urea groups is 1. The van der Waals surface area contributed by atoms with Crippen molar-refractivity contribution < 1.29 is 19.2 Å². The second-order valence-corrected chi connectivity index (χ2v) is 6.00. The van der Waals surface area contributed by atoms with Gasteiger partial charge in [0.2, 0.25) is 5.91 Å². The normalized spacial score (nSPS) is 17.0. The zero-order chi connectivity index (χ0) is 18.6. The summed E-state index contributed by atoms with van der Waals surface area (Å²) in [6.07, 6.45) is -0.121. The van der Waals surface area contributed by atoms with Crippen LogP contribution in [0.5, 0.6) is 0 Å². The molecule has 5 amide bonds. The average Bonchev–Trinajstić information content (AvgIpc) is 2.77. The van der Waals surface area contributed by atoms with Gasteiger partial charge < -0.3 is 15.5 Å². The Kier molecular flexibility index (Phi) is 5.97. The minimum atomic E-state index is -0.796. The van der Waals surface area contributed by atoms with Crippen LogP contribution in [0.25, 0.3) is 0 Å². The quantitative estimate of drug-likeness (QED) is 0.564. The van der Waals surface area contributed by atoms with E-state index in [1.54, 1.807) is 24.3 Å². The first-order valence-electron chi connectivity index (χ1n) is 7.66.